The van der Waals surface area contributed by atoms with Gasteiger partial charge in [-0.2, -0.15) is 0 Å². The van der Waals surface area contributed by atoms with E-state index >= 15 is 0 Å². The van der Waals surface area contributed by atoms with E-state index in [-0.39, 0.29) is 11.3 Å². The average Bonchev–Trinajstić information content (AvgIpc) is 2.88. The molecule has 0 fully saturated rings. The fourth-order valence-electron chi connectivity index (χ4n) is 3.33. The average molecular weight is 493 g/mol. The molecule has 1 aromatic heterocycles. The standard InChI is InChI=1S/C26H18F3N3O4/c27-16-7-5-15(6-8-16)23-12-19(18-3-1-2-4-22(18)32-23)26(35)36-14-25(34)30-13-24(33)31-17-9-10-20(28)21(29)11-17/h1-12H,13-14H2,(H,30,34)(H,31,33). The van der Waals surface area contributed by atoms with Crippen LogP contribution in [0.25, 0.3) is 22.2 Å². The summed E-state index contributed by atoms with van der Waals surface area (Å²) in [6, 6.07) is 16.8. The fraction of sp³-hybridized carbons (Fsp3) is 0.0769. The molecule has 0 bridgehead atoms. The van der Waals surface area contributed by atoms with Crippen molar-refractivity contribution in [1.82, 2.24) is 10.3 Å². The summed E-state index contributed by atoms with van der Waals surface area (Å²) in [7, 11) is 0. The van der Waals surface area contributed by atoms with Gasteiger partial charge < -0.3 is 15.4 Å². The van der Waals surface area contributed by atoms with Crippen LogP contribution >= 0.6 is 0 Å². The highest BCUT2D eigenvalue weighted by Gasteiger charge is 2.17. The minimum atomic E-state index is -1.13. The second kappa shape index (κ2) is 10.7. The summed E-state index contributed by atoms with van der Waals surface area (Å²) in [6.07, 6.45) is 0. The van der Waals surface area contributed by atoms with Gasteiger partial charge in [-0.1, -0.05) is 18.2 Å². The fourth-order valence-corrected chi connectivity index (χ4v) is 3.33. The second-order valence-corrected chi connectivity index (χ2v) is 7.61. The van der Waals surface area contributed by atoms with Crippen molar-refractivity contribution in [3.8, 4) is 11.3 Å². The molecule has 2 N–H and O–H groups in total. The lowest BCUT2D eigenvalue weighted by Crippen LogP contribution is -2.35. The normalized spacial score (nSPS) is 10.6. The largest absolute Gasteiger partial charge is 0.452 e. The lowest BCUT2D eigenvalue weighted by molar-refractivity contribution is -0.126. The molecule has 182 valence electrons. The van der Waals surface area contributed by atoms with E-state index in [2.05, 4.69) is 15.6 Å². The van der Waals surface area contributed by atoms with Gasteiger partial charge in [-0.3, -0.25) is 9.59 Å². The highest BCUT2D eigenvalue weighted by Crippen LogP contribution is 2.25. The molecule has 0 radical (unpaired) electrons. The number of ether oxygens (including phenoxy) is 1. The molecule has 4 rings (SSSR count). The quantitative estimate of drug-likeness (QED) is 0.376. The van der Waals surface area contributed by atoms with E-state index in [0.29, 0.717) is 22.2 Å². The smallest absolute Gasteiger partial charge is 0.339 e. The number of carbonyl (C=O) groups excluding carboxylic acids is 3. The number of para-hydroxylation sites is 1. The minimum Gasteiger partial charge on any atom is -0.452 e. The number of esters is 1. The summed E-state index contributed by atoms with van der Waals surface area (Å²) in [6.45, 7) is -1.15. The first-order valence-corrected chi connectivity index (χ1v) is 10.6. The molecule has 0 aliphatic carbocycles. The number of fused-ring (bicyclic) bond motifs is 1. The molecule has 1 heterocycles. The number of aromatic nitrogens is 1. The summed E-state index contributed by atoms with van der Waals surface area (Å²) < 4.78 is 44.6. The summed E-state index contributed by atoms with van der Waals surface area (Å²) in [5.74, 6) is -4.84. The van der Waals surface area contributed by atoms with E-state index in [0.717, 1.165) is 12.1 Å². The van der Waals surface area contributed by atoms with Crippen molar-refractivity contribution in [1.29, 1.82) is 0 Å². The van der Waals surface area contributed by atoms with E-state index in [9.17, 15) is 27.6 Å². The van der Waals surface area contributed by atoms with Gasteiger partial charge >= 0.3 is 5.97 Å². The Morgan fingerprint density at radius 1 is 0.833 bits per heavy atom. The van der Waals surface area contributed by atoms with Crippen molar-refractivity contribution in [2.45, 2.75) is 0 Å². The molecule has 0 aliphatic heterocycles. The number of amides is 2. The predicted octanol–water partition coefficient (Wildman–Crippen LogP) is 4.23. The van der Waals surface area contributed by atoms with Crippen LogP contribution in [0, 0.1) is 17.5 Å². The Hall–Kier alpha value is -4.73. The number of nitrogens with one attached hydrogen (secondary N) is 2. The number of benzene rings is 3. The zero-order valence-corrected chi connectivity index (χ0v) is 18.6. The molecule has 0 saturated carbocycles. The van der Waals surface area contributed by atoms with Crippen LogP contribution in [0.5, 0.6) is 0 Å². The molecule has 4 aromatic rings. The molecular formula is C26H18F3N3O4. The van der Waals surface area contributed by atoms with Gasteiger partial charge in [0.05, 0.1) is 23.3 Å². The summed E-state index contributed by atoms with van der Waals surface area (Å²) in [4.78, 5) is 41.3. The first kappa shape index (κ1) is 24.4. The van der Waals surface area contributed by atoms with Crippen molar-refractivity contribution in [2.24, 2.45) is 0 Å². The van der Waals surface area contributed by atoms with Gasteiger partial charge in [0.1, 0.15) is 5.82 Å². The van der Waals surface area contributed by atoms with Crippen LogP contribution in [0.2, 0.25) is 0 Å². The van der Waals surface area contributed by atoms with E-state index in [4.69, 9.17) is 4.74 Å². The van der Waals surface area contributed by atoms with Gasteiger partial charge in [-0.25, -0.2) is 22.9 Å². The van der Waals surface area contributed by atoms with Gasteiger partial charge in [0, 0.05) is 22.7 Å². The van der Waals surface area contributed by atoms with Crippen molar-refractivity contribution in [2.75, 3.05) is 18.5 Å². The third-order valence-electron chi connectivity index (χ3n) is 5.06. The minimum absolute atomic E-state index is 0.0149. The van der Waals surface area contributed by atoms with Crippen molar-refractivity contribution < 1.29 is 32.3 Å². The highest BCUT2D eigenvalue weighted by atomic mass is 19.2. The van der Waals surface area contributed by atoms with Crippen LogP contribution in [0.1, 0.15) is 10.4 Å². The van der Waals surface area contributed by atoms with Gasteiger partial charge in [-0.05, 0) is 48.5 Å². The van der Waals surface area contributed by atoms with Gasteiger partial charge in [-0.15, -0.1) is 0 Å². The SMILES string of the molecule is O=C(COC(=O)c1cc(-c2ccc(F)cc2)nc2ccccc12)NCC(=O)Nc1ccc(F)c(F)c1. The Labute approximate surface area is 202 Å². The monoisotopic (exact) mass is 493 g/mol. The van der Waals surface area contributed by atoms with E-state index in [1.165, 1.54) is 36.4 Å². The Bertz CT molecular complexity index is 1460. The van der Waals surface area contributed by atoms with Crippen LogP contribution in [-0.2, 0) is 14.3 Å². The first-order valence-electron chi connectivity index (χ1n) is 10.6. The maximum absolute atomic E-state index is 13.3. The van der Waals surface area contributed by atoms with Gasteiger partial charge in [0.2, 0.25) is 5.91 Å². The van der Waals surface area contributed by atoms with Gasteiger partial charge in [0.25, 0.3) is 5.91 Å². The lowest BCUT2D eigenvalue weighted by Gasteiger charge is -2.11. The number of rotatable bonds is 7. The summed E-state index contributed by atoms with van der Waals surface area (Å²) in [5, 5.41) is 5.07. The first-order chi connectivity index (χ1) is 17.3. The van der Waals surface area contributed by atoms with E-state index < -0.39 is 48.4 Å². The maximum atomic E-state index is 13.3. The van der Waals surface area contributed by atoms with Crippen LogP contribution < -0.4 is 10.6 Å². The molecule has 0 aliphatic rings. The highest BCUT2D eigenvalue weighted by molar-refractivity contribution is 6.05. The molecular weight excluding hydrogens is 475 g/mol. The number of hydrogen-bond donors (Lipinski definition) is 2. The summed E-state index contributed by atoms with van der Waals surface area (Å²) >= 11 is 0. The zero-order valence-electron chi connectivity index (χ0n) is 18.6. The van der Waals surface area contributed by atoms with E-state index in [1.807, 2.05) is 0 Å². The van der Waals surface area contributed by atoms with Crippen molar-refractivity contribution in [3.63, 3.8) is 0 Å². The second-order valence-electron chi connectivity index (χ2n) is 7.61. The van der Waals surface area contributed by atoms with E-state index in [1.54, 1.807) is 24.3 Å². The van der Waals surface area contributed by atoms with Crippen molar-refractivity contribution >= 4 is 34.4 Å². The molecule has 10 heteroatoms. The Kier molecular flexibility index (Phi) is 7.24. The number of hydrogen-bond acceptors (Lipinski definition) is 5. The van der Waals surface area contributed by atoms with Crippen LogP contribution in [0.3, 0.4) is 0 Å². The lowest BCUT2D eigenvalue weighted by atomic mass is 10.0. The molecule has 36 heavy (non-hydrogen) atoms. The maximum Gasteiger partial charge on any atom is 0.339 e. The third-order valence-corrected chi connectivity index (χ3v) is 5.06. The number of anilines is 1. The molecule has 0 unspecified atom stereocenters. The third kappa shape index (κ3) is 5.84. The van der Waals surface area contributed by atoms with Crippen LogP contribution in [0.15, 0.2) is 72.8 Å². The molecule has 0 atom stereocenters. The molecule has 7 nitrogen and oxygen atoms in total. The molecule has 0 saturated heterocycles. The van der Waals surface area contributed by atoms with Crippen LogP contribution in [0.4, 0.5) is 18.9 Å². The molecule has 2 amide bonds. The molecule has 3 aromatic carbocycles. The van der Waals surface area contributed by atoms with Crippen LogP contribution in [-0.4, -0.2) is 35.9 Å². The number of halogens is 3. The Balaban J connectivity index is 1.39. The van der Waals surface area contributed by atoms with Gasteiger partial charge in [0.15, 0.2) is 18.2 Å². The summed E-state index contributed by atoms with van der Waals surface area (Å²) in [5.41, 5.74) is 1.68. The Morgan fingerprint density at radius 2 is 1.58 bits per heavy atom. The number of nitrogens with zero attached hydrogens (tertiary/aromatic N) is 1. The predicted molar refractivity (Wildman–Crippen MR) is 125 cm³/mol. The zero-order chi connectivity index (χ0) is 25.7. The topological polar surface area (TPSA) is 97.4 Å². The number of pyridine rings is 1. The molecule has 0 spiro atoms. The van der Waals surface area contributed by atoms with Crippen molar-refractivity contribution in [3.05, 3.63) is 95.8 Å². The Morgan fingerprint density at radius 3 is 2.33 bits per heavy atom. The number of carbonyl (C=O) groups is 3.